The van der Waals surface area contributed by atoms with Gasteiger partial charge in [0.15, 0.2) is 0 Å². The van der Waals surface area contributed by atoms with Crippen LogP contribution in [0.1, 0.15) is 25.5 Å². The molecule has 4 aromatic rings. The van der Waals surface area contributed by atoms with Crippen molar-refractivity contribution in [2.75, 3.05) is 0 Å². The number of alkyl halides is 3. The highest BCUT2D eigenvalue weighted by atomic mass is 19.4. The highest BCUT2D eigenvalue weighted by Crippen LogP contribution is 2.36. The molecule has 0 unspecified atom stereocenters. The largest absolute Gasteiger partial charge is 0.417 e. The van der Waals surface area contributed by atoms with Crippen LogP contribution in [0.2, 0.25) is 0 Å². The second-order valence-corrected chi connectivity index (χ2v) is 6.30. The molecule has 2 aromatic carbocycles. The topological polar surface area (TPSA) is 69.6 Å². The monoisotopic (exact) mass is 373 g/mol. The van der Waals surface area contributed by atoms with Gasteiger partial charge < -0.3 is 4.52 Å². The van der Waals surface area contributed by atoms with Gasteiger partial charge in [0, 0.05) is 11.6 Å². The molecule has 0 saturated heterocycles. The number of aromatic nitrogens is 5. The fourth-order valence-electron chi connectivity index (χ4n) is 2.83. The van der Waals surface area contributed by atoms with Crippen LogP contribution in [0.4, 0.5) is 13.2 Å². The molecule has 2 aromatic heterocycles. The lowest BCUT2D eigenvalue weighted by molar-refractivity contribution is -0.137. The number of rotatable bonds is 3. The number of fused-ring (bicyclic) bond motifs is 1. The molecule has 0 atom stereocenters. The fourth-order valence-corrected chi connectivity index (χ4v) is 2.83. The highest BCUT2D eigenvalue weighted by Gasteiger charge is 2.34. The molecule has 0 aliphatic heterocycles. The number of hydrogen-bond donors (Lipinski definition) is 0. The van der Waals surface area contributed by atoms with E-state index in [1.807, 2.05) is 19.9 Å². The van der Waals surface area contributed by atoms with Crippen LogP contribution in [-0.2, 0) is 6.18 Å². The maximum Gasteiger partial charge on any atom is 0.417 e. The maximum absolute atomic E-state index is 13.2. The summed E-state index contributed by atoms with van der Waals surface area (Å²) in [6, 6.07) is 10.6. The summed E-state index contributed by atoms with van der Waals surface area (Å²) in [5.41, 5.74) is 1.09. The summed E-state index contributed by atoms with van der Waals surface area (Å²) >= 11 is 0. The smallest absolute Gasteiger partial charge is 0.334 e. The Morgan fingerprint density at radius 1 is 1.07 bits per heavy atom. The van der Waals surface area contributed by atoms with Crippen molar-refractivity contribution in [2.24, 2.45) is 0 Å². The van der Waals surface area contributed by atoms with Crippen LogP contribution in [0.5, 0.6) is 0 Å². The Labute approximate surface area is 151 Å². The Balaban J connectivity index is 1.75. The van der Waals surface area contributed by atoms with E-state index in [9.17, 15) is 13.2 Å². The van der Waals surface area contributed by atoms with Gasteiger partial charge in [-0.2, -0.15) is 18.2 Å². The quantitative estimate of drug-likeness (QED) is 0.518. The van der Waals surface area contributed by atoms with Crippen LogP contribution in [-0.4, -0.2) is 25.1 Å². The molecule has 0 amide bonds. The van der Waals surface area contributed by atoms with E-state index in [1.165, 1.54) is 18.2 Å². The lowest BCUT2D eigenvalue weighted by Crippen LogP contribution is -2.06. The summed E-state index contributed by atoms with van der Waals surface area (Å²) in [4.78, 5) is 4.14. The molecular weight excluding hydrogens is 359 g/mol. The van der Waals surface area contributed by atoms with Crippen LogP contribution < -0.4 is 0 Å². The molecule has 4 rings (SSSR count). The van der Waals surface area contributed by atoms with E-state index in [-0.39, 0.29) is 23.3 Å². The Kier molecular flexibility index (Phi) is 3.94. The zero-order valence-corrected chi connectivity index (χ0v) is 14.4. The van der Waals surface area contributed by atoms with Gasteiger partial charge in [0.1, 0.15) is 5.52 Å². The zero-order chi connectivity index (χ0) is 19.2. The number of nitrogens with zero attached hydrogens (tertiary/aromatic N) is 5. The second-order valence-electron chi connectivity index (χ2n) is 6.30. The zero-order valence-electron chi connectivity index (χ0n) is 14.4. The Morgan fingerprint density at radius 3 is 2.59 bits per heavy atom. The van der Waals surface area contributed by atoms with Crippen molar-refractivity contribution in [1.82, 2.24) is 25.1 Å². The van der Waals surface area contributed by atoms with E-state index in [0.29, 0.717) is 11.1 Å². The molecular formula is C18H14F3N5O. The Hall–Kier alpha value is -3.23. The second kappa shape index (κ2) is 6.19. The van der Waals surface area contributed by atoms with Crippen molar-refractivity contribution in [3.05, 3.63) is 48.0 Å². The van der Waals surface area contributed by atoms with Gasteiger partial charge in [-0.3, -0.25) is 0 Å². The van der Waals surface area contributed by atoms with E-state index in [1.54, 1.807) is 16.8 Å². The van der Waals surface area contributed by atoms with Gasteiger partial charge in [-0.15, -0.1) is 5.10 Å². The van der Waals surface area contributed by atoms with Crippen molar-refractivity contribution in [3.63, 3.8) is 0 Å². The summed E-state index contributed by atoms with van der Waals surface area (Å²) in [6.07, 6.45) is -4.51. The van der Waals surface area contributed by atoms with Crippen LogP contribution >= 0.6 is 0 Å². The standard InChI is InChI=1S/C18H14F3N5O/c1-10(2)26-15-8-7-11(9-14(15)23-25-26)16-22-17(27-24-16)12-5-3-4-6-13(12)18(19,20)21/h3-10H,1-2H3. The number of halogens is 3. The Morgan fingerprint density at radius 2 is 1.85 bits per heavy atom. The predicted molar refractivity (Wildman–Crippen MR) is 91.6 cm³/mol. The lowest BCUT2D eigenvalue weighted by atomic mass is 10.1. The van der Waals surface area contributed by atoms with Crippen LogP contribution in [0.15, 0.2) is 47.0 Å². The van der Waals surface area contributed by atoms with Gasteiger partial charge in [-0.25, -0.2) is 4.68 Å². The summed E-state index contributed by atoms with van der Waals surface area (Å²) in [5, 5.41) is 12.0. The van der Waals surface area contributed by atoms with Crippen LogP contribution in [0, 0.1) is 0 Å². The lowest BCUT2D eigenvalue weighted by Gasteiger charge is -2.09. The van der Waals surface area contributed by atoms with E-state index in [2.05, 4.69) is 20.5 Å². The first kappa shape index (κ1) is 17.2. The van der Waals surface area contributed by atoms with Crippen LogP contribution in [0.3, 0.4) is 0 Å². The van der Waals surface area contributed by atoms with Crippen molar-refractivity contribution < 1.29 is 17.7 Å². The molecule has 9 heteroatoms. The predicted octanol–water partition coefficient (Wildman–Crippen LogP) is 4.75. The van der Waals surface area contributed by atoms with Gasteiger partial charge in [0.25, 0.3) is 5.89 Å². The van der Waals surface area contributed by atoms with Gasteiger partial charge in [-0.1, -0.05) is 22.5 Å². The minimum atomic E-state index is -4.51. The minimum absolute atomic E-state index is 0.150. The van der Waals surface area contributed by atoms with Gasteiger partial charge in [0.2, 0.25) is 5.82 Å². The molecule has 0 radical (unpaired) electrons. The van der Waals surface area contributed by atoms with Gasteiger partial charge in [0.05, 0.1) is 16.6 Å². The SMILES string of the molecule is CC(C)n1nnc2cc(-c3noc(-c4ccccc4C(F)(F)F)n3)ccc21. The summed E-state index contributed by atoms with van der Waals surface area (Å²) in [5.74, 6) is -0.00756. The van der Waals surface area contributed by atoms with Crippen molar-refractivity contribution >= 4 is 11.0 Å². The number of hydrogen-bond acceptors (Lipinski definition) is 5. The first-order chi connectivity index (χ1) is 12.8. The van der Waals surface area contributed by atoms with E-state index >= 15 is 0 Å². The average Bonchev–Trinajstić information content (AvgIpc) is 3.27. The third-order valence-corrected chi connectivity index (χ3v) is 4.11. The van der Waals surface area contributed by atoms with Crippen LogP contribution in [0.25, 0.3) is 33.9 Å². The molecule has 0 spiro atoms. The molecule has 6 nitrogen and oxygen atoms in total. The third-order valence-electron chi connectivity index (χ3n) is 4.11. The van der Waals surface area contributed by atoms with Gasteiger partial charge >= 0.3 is 6.18 Å². The fraction of sp³-hybridized carbons (Fsp3) is 0.222. The van der Waals surface area contributed by atoms with Crippen molar-refractivity contribution in [1.29, 1.82) is 0 Å². The molecule has 0 aliphatic rings. The van der Waals surface area contributed by atoms with Crippen molar-refractivity contribution in [3.8, 4) is 22.8 Å². The molecule has 138 valence electrons. The van der Waals surface area contributed by atoms with E-state index < -0.39 is 11.7 Å². The summed E-state index contributed by atoms with van der Waals surface area (Å²) < 4.78 is 46.5. The molecule has 0 fully saturated rings. The molecule has 0 N–H and O–H groups in total. The highest BCUT2D eigenvalue weighted by molar-refractivity contribution is 5.80. The summed E-state index contributed by atoms with van der Waals surface area (Å²) in [7, 11) is 0. The minimum Gasteiger partial charge on any atom is -0.334 e. The molecule has 0 saturated carbocycles. The van der Waals surface area contributed by atoms with E-state index in [0.717, 1.165) is 11.6 Å². The first-order valence-electron chi connectivity index (χ1n) is 8.20. The normalized spacial score (nSPS) is 12.2. The number of benzene rings is 2. The Bertz CT molecular complexity index is 1110. The maximum atomic E-state index is 13.2. The first-order valence-corrected chi connectivity index (χ1v) is 8.20. The molecule has 2 heterocycles. The summed E-state index contributed by atoms with van der Waals surface area (Å²) in [6.45, 7) is 3.98. The van der Waals surface area contributed by atoms with Gasteiger partial charge in [-0.05, 0) is 44.2 Å². The molecule has 27 heavy (non-hydrogen) atoms. The molecule has 0 aliphatic carbocycles. The average molecular weight is 373 g/mol. The third kappa shape index (κ3) is 3.05. The molecule has 0 bridgehead atoms. The van der Waals surface area contributed by atoms with E-state index in [4.69, 9.17) is 4.52 Å². The van der Waals surface area contributed by atoms with Crippen molar-refractivity contribution in [2.45, 2.75) is 26.1 Å².